The average molecular weight is 288 g/mol. The van der Waals surface area contributed by atoms with E-state index in [0.29, 0.717) is 0 Å². The number of rotatable bonds is 3. The summed E-state index contributed by atoms with van der Waals surface area (Å²) in [6.45, 7) is 3.05. The molecule has 0 unspecified atom stereocenters. The highest BCUT2D eigenvalue weighted by atomic mass is 32.2. The van der Waals surface area contributed by atoms with Gasteiger partial charge < -0.3 is 10.3 Å². The third kappa shape index (κ3) is 2.74. The van der Waals surface area contributed by atoms with Crippen LogP contribution in [-0.4, -0.2) is 14.8 Å². The Morgan fingerprint density at radius 2 is 2.05 bits per heavy atom. The Hall–Kier alpha value is -1.33. The largest absolute Gasteiger partial charge is 0.324 e. The van der Waals surface area contributed by atoms with Gasteiger partial charge in [-0.1, -0.05) is 24.6 Å². The minimum atomic E-state index is 0.0326. The van der Waals surface area contributed by atoms with Crippen molar-refractivity contribution in [1.82, 2.24) is 14.8 Å². The third-order valence-corrected chi connectivity index (χ3v) is 4.76. The SMILES string of the molecule is C[C@H](N)c1ccccc1Sc1nnc2n1CCCCC2. The summed E-state index contributed by atoms with van der Waals surface area (Å²) in [6.07, 6.45) is 4.76. The Kier molecular flexibility index (Phi) is 4.08. The predicted molar refractivity (Wildman–Crippen MR) is 80.7 cm³/mol. The maximum absolute atomic E-state index is 6.05. The third-order valence-electron chi connectivity index (χ3n) is 3.69. The van der Waals surface area contributed by atoms with Crippen molar-refractivity contribution in [3.63, 3.8) is 0 Å². The Morgan fingerprint density at radius 1 is 1.20 bits per heavy atom. The number of nitrogens with two attached hydrogens (primary N) is 1. The number of fused-ring (bicyclic) bond motifs is 1. The molecule has 0 saturated heterocycles. The van der Waals surface area contributed by atoms with Crippen molar-refractivity contribution in [3.05, 3.63) is 35.7 Å². The molecule has 0 amide bonds. The normalized spacial score (nSPS) is 16.5. The van der Waals surface area contributed by atoms with E-state index in [1.165, 1.54) is 29.7 Å². The molecule has 0 radical (unpaired) electrons. The van der Waals surface area contributed by atoms with E-state index >= 15 is 0 Å². The van der Waals surface area contributed by atoms with Crippen LogP contribution in [0.2, 0.25) is 0 Å². The van der Waals surface area contributed by atoms with Crippen LogP contribution < -0.4 is 5.73 Å². The van der Waals surface area contributed by atoms with Crippen molar-refractivity contribution in [2.75, 3.05) is 0 Å². The zero-order valence-electron chi connectivity index (χ0n) is 11.7. The highest BCUT2D eigenvalue weighted by molar-refractivity contribution is 7.99. The van der Waals surface area contributed by atoms with E-state index < -0.39 is 0 Å². The first-order valence-electron chi connectivity index (χ1n) is 7.20. The standard InChI is InChI=1S/C15H20N4S/c1-11(16)12-7-4-5-8-13(12)20-15-18-17-14-9-3-2-6-10-19(14)15/h4-5,7-8,11H,2-3,6,9-10,16H2,1H3/t11-/m0/s1. The lowest BCUT2D eigenvalue weighted by molar-refractivity contribution is 0.591. The zero-order valence-corrected chi connectivity index (χ0v) is 12.6. The van der Waals surface area contributed by atoms with Gasteiger partial charge in [-0.25, -0.2) is 0 Å². The molecule has 0 bridgehead atoms. The van der Waals surface area contributed by atoms with Gasteiger partial charge in [-0.2, -0.15) is 0 Å². The number of nitrogens with zero attached hydrogens (tertiary/aromatic N) is 3. The molecule has 4 nitrogen and oxygen atoms in total. The molecule has 2 N–H and O–H groups in total. The number of aromatic nitrogens is 3. The maximum Gasteiger partial charge on any atom is 0.196 e. The second-order valence-corrected chi connectivity index (χ2v) is 6.30. The summed E-state index contributed by atoms with van der Waals surface area (Å²) in [7, 11) is 0. The summed E-state index contributed by atoms with van der Waals surface area (Å²) in [5.41, 5.74) is 7.22. The monoisotopic (exact) mass is 288 g/mol. The minimum absolute atomic E-state index is 0.0326. The van der Waals surface area contributed by atoms with Crippen LogP contribution in [0.15, 0.2) is 34.3 Å². The van der Waals surface area contributed by atoms with Crippen molar-refractivity contribution in [2.45, 2.75) is 55.2 Å². The fraction of sp³-hybridized carbons (Fsp3) is 0.467. The van der Waals surface area contributed by atoms with Gasteiger partial charge in [0.05, 0.1) is 0 Å². The van der Waals surface area contributed by atoms with Crippen LogP contribution in [0, 0.1) is 0 Å². The van der Waals surface area contributed by atoms with Gasteiger partial charge in [0.25, 0.3) is 0 Å². The van der Waals surface area contributed by atoms with Crippen LogP contribution in [-0.2, 0) is 13.0 Å². The molecule has 106 valence electrons. The Morgan fingerprint density at radius 3 is 2.90 bits per heavy atom. The average Bonchev–Trinajstić information content (AvgIpc) is 2.68. The van der Waals surface area contributed by atoms with E-state index in [2.05, 4.69) is 26.9 Å². The fourth-order valence-electron chi connectivity index (χ4n) is 2.58. The highest BCUT2D eigenvalue weighted by Gasteiger charge is 2.17. The van der Waals surface area contributed by atoms with Crippen LogP contribution in [0.25, 0.3) is 0 Å². The van der Waals surface area contributed by atoms with Gasteiger partial charge in [0, 0.05) is 23.9 Å². The first-order valence-corrected chi connectivity index (χ1v) is 8.02. The van der Waals surface area contributed by atoms with Gasteiger partial charge in [0.2, 0.25) is 0 Å². The van der Waals surface area contributed by atoms with E-state index in [1.54, 1.807) is 11.8 Å². The zero-order chi connectivity index (χ0) is 13.9. The van der Waals surface area contributed by atoms with Crippen molar-refractivity contribution in [3.8, 4) is 0 Å². The molecule has 1 aliphatic rings. The van der Waals surface area contributed by atoms with Crippen LogP contribution in [0.1, 0.15) is 43.6 Å². The van der Waals surface area contributed by atoms with Crippen molar-refractivity contribution in [1.29, 1.82) is 0 Å². The molecule has 1 aromatic heterocycles. The van der Waals surface area contributed by atoms with E-state index in [0.717, 1.165) is 23.9 Å². The molecule has 2 heterocycles. The number of hydrogen-bond donors (Lipinski definition) is 1. The van der Waals surface area contributed by atoms with E-state index in [4.69, 9.17) is 5.73 Å². The van der Waals surface area contributed by atoms with E-state index in [9.17, 15) is 0 Å². The smallest absolute Gasteiger partial charge is 0.196 e. The van der Waals surface area contributed by atoms with Crippen LogP contribution >= 0.6 is 11.8 Å². The van der Waals surface area contributed by atoms with Crippen molar-refractivity contribution < 1.29 is 0 Å². The molecule has 0 spiro atoms. The highest BCUT2D eigenvalue weighted by Crippen LogP contribution is 2.32. The van der Waals surface area contributed by atoms with Gasteiger partial charge in [0.15, 0.2) is 5.16 Å². The first-order chi connectivity index (χ1) is 9.75. The van der Waals surface area contributed by atoms with E-state index in [-0.39, 0.29) is 6.04 Å². The summed E-state index contributed by atoms with van der Waals surface area (Å²) in [5, 5.41) is 9.71. The van der Waals surface area contributed by atoms with Gasteiger partial charge >= 0.3 is 0 Å². The summed E-state index contributed by atoms with van der Waals surface area (Å²) >= 11 is 1.68. The molecule has 0 fully saturated rings. The lowest BCUT2D eigenvalue weighted by Crippen LogP contribution is -2.07. The second kappa shape index (κ2) is 5.97. The molecule has 20 heavy (non-hydrogen) atoms. The van der Waals surface area contributed by atoms with Crippen LogP contribution in [0.4, 0.5) is 0 Å². The summed E-state index contributed by atoms with van der Waals surface area (Å²) < 4.78 is 2.27. The second-order valence-electron chi connectivity index (χ2n) is 5.29. The fourth-order valence-corrected chi connectivity index (χ4v) is 3.69. The molecule has 2 aromatic rings. The van der Waals surface area contributed by atoms with Gasteiger partial charge in [-0.05, 0) is 43.2 Å². The molecule has 0 aliphatic carbocycles. The predicted octanol–water partition coefficient (Wildman–Crippen LogP) is 3.18. The minimum Gasteiger partial charge on any atom is -0.324 e. The molecule has 1 atom stereocenters. The number of benzene rings is 1. The van der Waals surface area contributed by atoms with Gasteiger partial charge in [-0.3, -0.25) is 0 Å². The molecule has 1 aromatic carbocycles. The molecular weight excluding hydrogens is 268 g/mol. The van der Waals surface area contributed by atoms with Crippen molar-refractivity contribution >= 4 is 11.8 Å². The summed E-state index contributed by atoms with van der Waals surface area (Å²) in [4.78, 5) is 1.18. The van der Waals surface area contributed by atoms with Crippen molar-refractivity contribution in [2.24, 2.45) is 5.73 Å². The molecular formula is C15H20N4S. The quantitative estimate of drug-likeness (QED) is 0.942. The lowest BCUT2D eigenvalue weighted by atomic mass is 10.1. The van der Waals surface area contributed by atoms with Gasteiger partial charge in [-0.15, -0.1) is 10.2 Å². The Labute approximate surface area is 123 Å². The maximum atomic E-state index is 6.05. The molecule has 0 saturated carbocycles. The molecule has 3 rings (SSSR count). The number of aryl methyl sites for hydroxylation is 1. The molecule has 5 heteroatoms. The number of hydrogen-bond acceptors (Lipinski definition) is 4. The van der Waals surface area contributed by atoms with E-state index in [1.807, 2.05) is 19.1 Å². The Balaban J connectivity index is 1.90. The Bertz CT molecular complexity index is 591. The summed E-state index contributed by atoms with van der Waals surface area (Å²) in [5.74, 6) is 1.13. The van der Waals surface area contributed by atoms with Gasteiger partial charge in [0.1, 0.15) is 5.82 Å². The van der Waals surface area contributed by atoms with Crippen LogP contribution in [0.5, 0.6) is 0 Å². The lowest BCUT2D eigenvalue weighted by Gasteiger charge is -2.12. The first kappa shape index (κ1) is 13.6. The summed E-state index contributed by atoms with van der Waals surface area (Å²) in [6, 6.07) is 8.32. The molecule has 1 aliphatic heterocycles. The topological polar surface area (TPSA) is 56.7 Å². The van der Waals surface area contributed by atoms with Crippen LogP contribution in [0.3, 0.4) is 0 Å².